The molecule has 154 valence electrons. The van der Waals surface area contributed by atoms with E-state index in [1.807, 2.05) is 6.07 Å². The minimum absolute atomic E-state index is 0. The fourth-order valence-corrected chi connectivity index (χ4v) is 4.36. The van der Waals surface area contributed by atoms with E-state index < -0.39 is 0 Å². The number of benzene rings is 2. The Bertz CT molecular complexity index is 1050. The van der Waals surface area contributed by atoms with Gasteiger partial charge in [-0.1, -0.05) is 53.5 Å². The minimum Gasteiger partial charge on any atom is -0.504 e. The third kappa shape index (κ3) is 4.77. The van der Waals surface area contributed by atoms with Crippen molar-refractivity contribution in [2.75, 3.05) is 13.1 Å². The molecule has 4 rings (SSSR count). The zero-order valence-electron chi connectivity index (χ0n) is 15.7. The highest BCUT2D eigenvalue weighted by atomic mass is 79.9. The third-order valence-corrected chi connectivity index (χ3v) is 5.98. The topological polar surface area (TPSA) is 58.4 Å². The van der Waals surface area contributed by atoms with E-state index in [-0.39, 0.29) is 49.2 Å². The summed E-state index contributed by atoms with van der Waals surface area (Å²) in [5.41, 5.74) is 1.23. The number of piperidine rings is 1. The van der Waals surface area contributed by atoms with Gasteiger partial charge in [0.05, 0.1) is 21.8 Å². The van der Waals surface area contributed by atoms with Crippen LogP contribution >= 0.6 is 40.2 Å². The molecule has 1 aliphatic rings. The third-order valence-electron chi connectivity index (χ3n) is 5.39. The fourth-order valence-electron chi connectivity index (χ4n) is 3.83. The second kappa shape index (κ2) is 9.47. The van der Waals surface area contributed by atoms with Crippen LogP contribution < -0.4 is 5.56 Å². The number of phenolic OH excluding ortho intramolecular Hbond substituents is 1. The average Bonchev–Trinajstić information content (AvgIpc) is 2.70. The maximum absolute atomic E-state index is 12.9. The molecule has 1 fully saturated rings. The highest BCUT2D eigenvalue weighted by Crippen LogP contribution is 2.34. The molecule has 0 spiro atoms. The Balaban J connectivity index is 0.00000240. The zero-order chi connectivity index (χ0) is 19.7. The average molecular weight is 499 g/mol. The van der Waals surface area contributed by atoms with Gasteiger partial charge in [-0.2, -0.15) is 0 Å². The van der Waals surface area contributed by atoms with Gasteiger partial charge < -0.3 is 5.11 Å². The van der Waals surface area contributed by atoms with Crippen molar-refractivity contribution in [2.24, 2.45) is 5.92 Å². The summed E-state index contributed by atoms with van der Waals surface area (Å²) >= 11 is 12.1. The lowest BCUT2D eigenvalue weighted by atomic mass is 9.96. The van der Waals surface area contributed by atoms with Crippen LogP contribution in [-0.2, 0) is 13.1 Å². The van der Waals surface area contributed by atoms with Crippen molar-refractivity contribution in [3.63, 3.8) is 0 Å². The van der Waals surface area contributed by atoms with Crippen LogP contribution in [0.25, 0.3) is 10.9 Å². The first kappa shape index (κ1) is 22.1. The lowest BCUT2D eigenvalue weighted by Crippen LogP contribution is -2.36. The number of hydrogen-bond acceptors (Lipinski definition) is 4. The lowest BCUT2D eigenvalue weighted by molar-refractivity contribution is 0.166. The molecule has 0 unspecified atom stereocenters. The molecular weight excluding hydrogens is 477 g/mol. The molecule has 1 saturated heterocycles. The summed E-state index contributed by atoms with van der Waals surface area (Å²) in [6.45, 7) is 3.57. The van der Waals surface area contributed by atoms with E-state index in [4.69, 9.17) is 23.2 Å². The van der Waals surface area contributed by atoms with Crippen molar-refractivity contribution < 1.29 is 5.11 Å². The normalized spacial score (nSPS) is 15.4. The molecule has 0 aliphatic carbocycles. The predicted octanol–water partition coefficient (Wildman–Crippen LogP) is 4.90. The summed E-state index contributed by atoms with van der Waals surface area (Å²) in [5, 5.41) is 10.6. The monoisotopic (exact) mass is 497 g/mol. The molecule has 0 amide bonds. The molecule has 29 heavy (non-hydrogen) atoms. The van der Waals surface area contributed by atoms with E-state index in [1.54, 1.807) is 4.57 Å². The Morgan fingerprint density at radius 3 is 2.48 bits per heavy atom. The quantitative estimate of drug-likeness (QED) is 0.555. The Hall–Kier alpha value is -1.60. The van der Waals surface area contributed by atoms with Gasteiger partial charge >= 0.3 is 0 Å². The Morgan fingerprint density at radius 1 is 1.10 bits per heavy atom. The number of aromatic hydroxyl groups is 1. The predicted molar refractivity (Wildman–Crippen MR) is 122 cm³/mol. The van der Waals surface area contributed by atoms with Gasteiger partial charge in [-0.05, 0) is 43.5 Å². The summed E-state index contributed by atoms with van der Waals surface area (Å²) in [6.07, 6.45) is 3.53. The molecule has 0 atom stereocenters. The molecule has 8 heteroatoms. The van der Waals surface area contributed by atoms with Gasteiger partial charge in [-0.3, -0.25) is 14.3 Å². The Labute approximate surface area is 189 Å². The van der Waals surface area contributed by atoms with E-state index in [0.717, 1.165) is 32.5 Å². The van der Waals surface area contributed by atoms with Crippen LogP contribution in [-0.4, -0.2) is 32.6 Å². The van der Waals surface area contributed by atoms with Gasteiger partial charge in [0, 0.05) is 13.1 Å². The first-order valence-electron chi connectivity index (χ1n) is 9.35. The molecule has 2 heterocycles. The summed E-state index contributed by atoms with van der Waals surface area (Å²) in [5.74, 6) is 0.197. The lowest BCUT2D eigenvalue weighted by Gasteiger charge is -2.32. The van der Waals surface area contributed by atoms with Crippen LogP contribution in [0.5, 0.6) is 5.75 Å². The molecule has 1 N–H and O–H groups in total. The number of rotatable bonds is 4. The Morgan fingerprint density at radius 2 is 1.79 bits per heavy atom. The first-order valence-corrected chi connectivity index (χ1v) is 10.1. The molecule has 2 aromatic carbocycles. The standard InChI is InChI=1S/C21H21Cl2N3O2.BrH/c22-16-10-17(23)20(27)19-18(16)21(28)26(13-24-19)12-15-6-8-25(9-7-15)11-14-4-2-1-3-5-14;/h1-5,10,13,15,27H,6-9,11-12H2;1H. The number of halogens is 3. The summed E-state index contributed by atoms with van der Waals surface area (Å²) in [7, 11) is 0. The molecule has 1 aliphatic heterocycles. The van der Waals surface area contributed by atoms with Crippen molar-refractivity contribution in [2.45, 2.75) is 25.9 Å². The van der Waals surface area contributed by atoms with Crippen molar-refractivity contribution in [1.29, 1.82) is 0 Å². The van der Waals surface area contributed by atoms with Gasteiger partial charge in [0.15, 0.2) is 5.75 Å². The number of aromatic nitrogens is 2. The molecule has 0 radical (unpaired) electrons. The molecule has 3 aromatic rings. The van der Waals surface area contributed by atoms with E-state index in [1.165, 1.54) is 18.0 Å². The van der Waals surface area contributed by atoms with Crippen molar-refractivity contribution in [3.05, 3.63) is 68.7 Å². The highest BCUT2D eigenvalue weighted by molar-refractivity contribution is 8.93. The van der Waals surface area contributed by atoms with E-state index in [0.29, 0.717) is 12.5 Å². The first-order chi connectivity index (χ1) is 13.5. The van der Waals surface area contributed by atoms with Gasteiger partial charge in [-0.15, -0.1) is 17.0 Å². The smallest absolute Gasteiger partial charge is 0.262 e. The summed E-state index contributed by atoms with van der Waals surface area (Å²) in [4.78, 5) is 19.5. The molecule has 0 bridgehead atoms. The van der Waals surface area contributed by atoms with Crippen LogP contribution in [0.4, 0.5) is 0 Å². The largest absolute Gasteiger partial charge is 0.504 e. The van der Waals surface area contributed by atoms with Crippen molar-refractivity contribution in [1.82, 2.24) is 14.5 Å². The SMILES string of the molecule is Br.O=c1c2c(Cl)cc(Cl)c(O)c2ncn1CC1CCN(Cc2ccccc2)CC1. The number of hydrogen-bond donors (Lipinski definition) is 1. The number of likely N-dealkylation sites (tertiary alicyclic amines) is 1. The number of fused-ring (bicyclic) bond motifs is 1. The summed E-state index contributed by atoms with van der Waals surface area (Å²) < 4.78 is 1.60. The fraction of sp³-hybridized carbons (Fsp3) is 0.333. The maximum atomic E-state index is 12.9. The van der Waals surface area contributed by atoms with Crippen LogP contribution in [0, 0.1) is 5.92 Å². The van der Waals surface area contributed by atoms with Crippen LogP contribution in [0.2, 0.25) is 10.0 Å². The van der Waals surface area contributed by atoms with Gasteiger partial charge in [0.1, 0.15) is 5.52 Å². The van der Waals surface area contributed by atoms with Crippen molar-refractivity contribution in [3.8, 4) is 5.75 Å². The van der Waals surface area contributed by atoms with Gasteiger partial charge in [0.2, 0.25) is 0 Å². The summed E-state index contributed by atoms with van der Waals surface area (Å²) in [6, 6.07) is 11.9. The van der Waals surface area contributed by atoms with E-state index in [2.05, 4.69) is 34.1 Å². The second-order valence-electron chi connectivity index (χ2n) is 7.32. The molecule has 1 aromatic heterocycles. The van der Waals surface area contributed by atoms with Gasteiger partial charge in [-0.25, -0.2) is 4.98 Å². The van der Waals surface area contributed by atoms with E-state index in [9.17, 15) is 9.90 Å². The molecule has 5 nitrogen and oxygen atoms in total. The van der Waals surface area contributed by atoms with E-state index >= 15 is 0 Å². The van der Waals surface area contributed by atoms with Gasteiger partial charge in [0.25, 0.3) is 5.56 Å². The number of nitrogens with zero attached hydrogens (tertiary/aromatic N) is 3. The number of phenols is 1. The Kier molecular flexibility index (Phi) is 7.22. The van der Waals surface area contributed by atoms with Crippen LogP contribution in [0.15, 0.2) is 47.5 Å². The van der Waals surface area contributed by atoms with Crippen LogP contribution in [0.1, 0.15) is 18.4 Å². The maximum Gasteiger partial charge on any atom is 0.262 e. The molecule has 0 saturated carbocycles. The minimum atomic E-state index is -0.242. The highest BCUT2D eigenvalue weighted by Gasteiger charge is 2.21. The molecular formula is C21H22BrCl2N3O2. The van der Waals surface area contributed by atoms with Crippen LogP contribution in [0.3, 0.4) is 0 Å². The van der Waals surface area contributed by atoms with Crippen molar-refractivity contribution >= 4 is 51.1 Å². The zero-order valence-corrected chi connectivity index (χ0v) is 18.9. The second-order valence-corrected chi connectivity index (χ2v) is 8.13.